The molecular weight excluding hydrogens is 160 g/mol. The lowest BCUT2D eigenvalue weighted by Gasteiger charge is -2.21. The minimum absolute atomic E-state index is 0.368. The number of carbonyl (C=O) groups excluding carboxylic acids is 1. The first-order chi connectivity index (χ1) is 5.65. The molecular formula is C8H16O4. The summed E-state index contributed by atoms with van der Waals surface area (Å²) in [5, 5.41) is 9.04. The standard InChI is InChI=1S/C8H16O4/c1-6(10)4-7(11-2)8(5-9)12-3/h5-8,10H,4H2,1-3H3/t6-,7+,8+/m1/s1. The van der Waals surface area contributed by atoms with Crippen LogP contribution in [0.1, 0.15) is 13.3 Å². The van der Waals surface area contributed by atoms with Crippen molar-refractivity contribution in [1.82, 2.24) is 0 Å². The van der Waals surface area contributed by atoms with Crippen LogP contribution in [0, 0.1) is 0 Å². The lowest BCUT2D eigenvalue weighted by molar-refractivity contribution is -0.126. The van der Waals surface area contributed by atoms with Crippen molar-refractivity contribution in [1.29, 1.82) is 0 Å². The fourth-order valence-electron chi connectivity index (χ4n) is 0.996. The smallest absolute Gasteiger partial charge is 0.151 e. The molecule has 3 atom stereocenters. The van der Waals surface area contributed by atoms with Gasteiger partial charge in [-0.1, -0.05) is 0 Å². The van der Waals surface area contributed by atoms with E-state index >= 15 is 0 Å². The van der Waals surface area contributed by atoms with Crippen LogP contribution in [0.15, 0.2) is 0 Å². The third-order valence-electron chi connectivity index (χ3n) is 1.65. The Bertz CT molecular complexity index is 124. The van der Waals surface area contributed by atoms with Gasteiger partial charge < -0.3 is 19.4 Å². The van der Waals surface area contributed by atoms with Gasteiger partial charge in [0, 0.05) is 20.6 Å². The fraction of sp³-hybridized carbons (Fsp3) is 0.875. The molecule has 0 aliphatic rings. The number of hydrogen-bond acceptors (Lipinski definition) is 4. The molecule has 0 saturated heterocycles. The molecule has 0 aliphatic carbocycles. The number of carbonyl (C=O) groups is 1. The average Bonchev–Trinajstić information content (AvgIpc) is 2.04. The van der Waals surface area contributed by atoms with Crippen LogP contribution >= 0.6 is 0 Å². The molecule has 0 aromatic carbocycles. The van der Waals surface area contributed by atoms with Gasteiger partial charge in [-0.2, -0.15) is 0 Å². The number of hydrogen-bond donors (Lipinski definition) is 1. The summed E-state index contributed by atoms with van der Waals surface area (Å²) < 4.78 is 9.84. The predicted molar refractivity (Wildman–Crippen MR) is 44.0 cm³/mol. The highest BCUT2D eigenvalue weighted by Crippen LogP contribution is 2.07. The van der Waals surface area contributed by atoms with Gasteiger partial charge in [0.25, 0.3) is 0 Å². The van der Waals surface area contributed by atoms with Crippen LogP contribution in [0.5, 0.6) is 0 Å². The van der Waals surface area contributed by atoms with E-state index in [2.05, 4.69) is 0 Å². The zero-order valence-electron chi connectivity index (χ0n) is 7.69. The molecule has 0 amide bonds. The van der Waals surface area contributed by atoms with E-state index < -0.39 is 12.2 Å². The predicted octanol–water partition coefficient (Wildman–Crippen LogP) is -0.0138. The van der Waals surface area contributed by atoms with Gasteiger partial charge in [0.1, 0.15) is 6.10 Å². The highest BCUT2D eigenvalue weighted by molar-refractivity contribution is 5.57. The second kappa shape index (κ2) is 6.11. The van der Waals surface area contributed by atoms with Crippen LogP contribution in [0.25, 0.3) is 0 Å². The number of aldehydes is 1. The van der Waals surface area contributed by atoms with Gasteiger partial charge in [0.15, 0.2) is 6.29 Å². The van der Waals surface area contributed by atoms with Gasteiger partial charge in [-0.3, -0.25) is 0 Å². The normalized spacial score (nSPS) is 18.3. The maximum Gasteiger partial charge on any atom is 0.151 e. The monoisotopic (exact) mass is 176 g/mol. The highest BCUT2D eigenvalue weighted by Gasteiger charge is 2.21. The van der Waals surface area contributed by atoms with Gasteiger partial charge in [0.2, 0.25) is 0 Å². The Kier molecular flexibility index (Phi) is 5.88. The van der Waals surface area contributed by atoms with Crippen LogP contribution in [0.4, 0.5) is 0 Å². The second-order valence-electron chi connectivity index (χ2n) is 2.70. The third-order valence-corrected chi connectivity index (χ3v) is 1.65. The van der Waals surface area contributed by atoms with Gasteiger partial charge in [0.05, 0.1) is 12.2 Å². The number of methoxy groups -OCH3 is 2. The quantitative estimate of drug-likeness (QED) is 0.578. The average molecular weight is 176 g/mol. The molecule has 4 nitrogen and oxygen atoms in total. The molecule has 0 aliphatic heterocycles. The number of aliphatic hydroxyl groups is 1. The van der Waals surface area contributed by atoms with E-state index in [9.17, 15) is 4.79 Å². The topological polar surface area (TPSA) is 55.8 Å². The van der Waals surface area contributed by atoms with Crippen molar-refractivity contribution in [3.05, 3.63) is 0 Å². The van der Waals surface area contributed by atoms with Crippen LogP contribution in [0.2, 0.25) is 0 Å². The van der Waals surface area contributed by atoms with Crippen molar-refractivity contribution >= 4 is 6.29 Å². The lowest BCUT2D eigenvalue weighted by Crippen LogP contribution is -2.33. The molecule has 0 bridgehead atoms. The first kappa shape index (κ1) is 11.6. The number of rotatable bonds is 6. The summed E-state index contributed by atoms with van der Waals surface area (Å²) >= 11 is 0. The van der Waals surface area contributed by atoms with Crippen LogP contribution in [-0.2, 0) is 14.3 Å². The molecule has 0 unspecified atom stereocenters. The fourth-order valence-corrected chi connectivity index (χ4v) is 0.996. The SMILES string of the molecule is CO[C@@H](C=O)[C@H](C[C@@H](C)O)OC. The molecule has 0 fully saturated rings. The first-order valence-electron chi connectivity index (χ1n) is 3.84. The summed E-state index contributed by atoms with van der Waals surface area (Å²) in [6.07, 6.45) is -0.380. The summed E-state index contributed by atoms with van der Waals surface area (Å²) in [7, 11) is 2.93. The van der Waals surface area contributed by atoms with Crippen LogP contribution in [-0.4, -0.2) is 43.9 Å². The van der Waals surface area contributed by atoms with Crippen molar-refractivity contribution < 1.29 is 19.4 Å². The molecule has 0 saturated carbocycles. The Morgan fingerprint density at radius 1 is 1.42 bits per heavy atom. The van der Waals surface area contributed by atoms with Crippen molar-refractivity contribution in [2.45, 2.75) is 31.7 Å². The molecule has 0 rings (SSSR count). The van der Waals surface area contributed by atoms with Gasteiger partial charge >= 0.3 is 0 Å². The number of ether oxygens (including phenoxy) is 2. The minimum atomic E-state index is -0.593. The molecule has 4 heteroatoms. The molecule has 0 spiro atoms. The molecule has 72 valence electrons. The van der Waals surface area contributed by atoms with E-state index in [0.29, 0.717) is 12.7 Å². The molecule has 0 heterocycles. The Balaban J connectivity index is 4.01. The molecule has 1 N–H and O–H groups in total. The van der Waals surface area contributed by atoms with E-state index in [1.54, 1.807) is 6.92 Å². The summed E-state index contributed by atoms with van der Waals surface area (Å²) in [6.45, 7) is 1.64. The largest absolute Gasteiger partial charge is 0.393 e. The number of aliphatic hydroxyl groups excluding tert-OH is 1. The Morgan fingerprint density at radius 3 is 2.25 bits per heavy atom. The maximum absolute atomic E-state index is 10.4. The van der Waals surface area contributed by atoms with Gasteiger partial charge in [-0.15, -0.1) is 0 Å². The van der Waals surface area contributed by atoms with Gasteiger partial charge in [-0.25, -0.2) is 0 Å². The third kappa shape index (κ3) is 3.80. The Hall–Kier alpha value is -0.450. The summed E-state index contributed by atoms with van der Waals surface area (Å²) in [4.78, 5) is 10.4. The molecule has 0 aromatic rings. The summed E-state index contributed by atoms with van der Waals surface area (Å²) in [6, 6.07) is 0. The zero-order valence-corrected chi connectivity index (χ0v) is 7.69. The van der Waals surface area contributed by atoms with Crippen LogP contribution < -0.4 is 0 Å². The minimum Gasteiger partial charge on any atom is -0.393 e. The lowest BCUT2D eigenvalue weighted by atomic mass is 10.1. The van der Waals surface area contributed by atoms with Gasteiger partial charge in [-0.05, 0) is 6.92 Å². The molecule has 0 aromatic heterocycles. The Labute approximate surface area is 72.5 Å². The highest BCUT2D eigenvalue weighted by atomic mass is 16.5. The van der Waals surface area contributed by atoms with E-state index in [1.165, 1.54) is 14.2 Å². The molecule has 12 heavy (non-hydrogen) atoms. The van der Waals surface area contributed by atoms with Crippen LogP contribution in [0.3, 0.4) is 0 Å². The second-order valence-corrected chi connectivity index (χ2v) is 2.70. The van der Waals surface area contributed by atoms with E-state index in [0.717, 1.165) is 0 Å². The summed E-state index contributed by atoms with van der Waals surface area (Å²) in [5.74, 6) is 0. The van der Waals surface area contributed by atoms with Crippen molar-refractivity contribution in [3.8, 4) is 0 Å². The van der Waals surface area contributed by atoms with E-state index in [1.807, 2.05) is 0 Å². The van der Waals surface area contributed by atoms with Crippen molar-refractivity contribution in [2.75, 3.05) is 14.2 Å². The Morgan fingerprint density at radius 2 is 2.00 bits per heavy atom. The zero-order chi connectivity index (χ0) is 9.56. The van der Waals surface area contributed by atoms with Crippen molar-refractivity contribution in [2.24, 2.45) is 0 Å². The summed E-state index contributed by atoms with van der Waals surface area (Å²) in [5.41, 5.74) is 0. The van der Waals surface area contributed by atoms with E-state index in [-0.39, 0.29) is 6.10 Å². The first-order valence-corrected chi connectivity index (χ1v) is 3.84. The van der Waals surface area contributed by atoms with E-state index in [4.69, 9.17) is 14.6 Å². The molecule has 0 radical (unpaired) electrons. The maximum atomic E-state index is 10.4. The van der Waals surface area contributed by atoms with Crippen molar-refractivity contribution in [3.63, 3.8) is 0 Å².